The second-order valence-electron chi connectivity index (χ2n) is 5.27. The maximum Gasteiger partial charge on any atom is 0.246 e. The summed E-state index contributed by atoms with van der Waals surface area (Å²) in [6.45, 7) is 2.78. The predicted octanol–water partition coefficient (Wildman–Crippen LogP) is -1.90. The van der Waals surface area contributed by atoms with E-state index in [0.29, 0.717) is 32.7 Å². The quantitative estimate of drug-likeness (QED) is 0.678. The van der Waals surface area contributed by atoms with Crippen LogP contribution in [0.15, 0.2) is 18.9 Å². The van der Waals surface area contributed by atoms with Gasteiger partial charge in [-0.05, 0) is 5.21 Å². The number of H-pyrrole nitrogens is 1. The monoisotopic (exact) mass is 306 g/mol. The average Bonchev–Trinajstić information content (AvgIpc) is 3.13. The number of imidazole rings is 1. The summed E-state index contributed by atoms with van der Waals surface area (Å²) in [6.07, 6.45) is 4.09. The maximum atomic E-state index is 12.2. The largest absolute Gasteiger partial charge is 0.390 e. The van der Waals surface area contributed by atoms with Crippen LogP contribution in [0.2, 0.25) is 0 Å². The van der Waals surface area contributed by atoms with E-state index >= 15 is 0 Å². The van der Waals surface area contributed by atoms with Crippen LogP contribution in [-0.2, 0) is 17.9 Å². The summed E-state index contributed by atoms with van der Waals surface area (Å²) in [5.41, 5.74) is 0.985. The fraction of sp³-hybridized carbons (Fsp3) is 0.583. The Balaban J connectivity index is 1.57. The summed E-state index contributed by atoms with van der Waals surface area (Å²) in [6, 6.07) is 0. The van der Waals surface area contributed by atoms with E-state index in [1.807, 2.05) is 0 Å². The highest BCUT2D eigenvalue weighted by Gasteiger charge is 2.25. The van der Waals surface area contributed by atoms with Gasteiger partial charge in [0.1, 0.15) is 6.54 Å². The number of nitrogens with zero attached hydrogens (tertiary/aromatic N) is 7. The van der Waals surface area contributed by atoms with E-state index in [1.54, 1.807) is 17.4 Å². The molecule has 3 heterocycles. The summed E-state index contributed by atoms with van der Waals surface area (Å²) in [4.78, 5) is 24.2. The molecular formula is C12H18N8O2. The molecule has 0 spiro atoms. The number of aromatic amines is 1. The van der Waals surface area contributed by atoms with Crippen molar-refractivity contribution in [3.8, 4) is 0 Å². The van der Waals surface area contributed by atoms with E-state index in [-0.39, 0.29) is 12.5 Å². The Kier molecular flexibility index (Phi) is 4.39. The molecule has 1 aliphatic heterocycles. The molecule has 2 aromatic rings. The van der Waals surface area contributed by atoms with Gasteiger partial charge in [-0.25, -0.2) is 4.98 Å². The molecule has 118 valence electrons. The third-order valence-electron chi connectivity index (χ3n) is 3.56. The number of β-amino-alcohol motifs (C(OH)–C–C–N with tert-alkyl or cyclic N) is 1. The number of nitrogens with one attached hydrogen (secondary N) is 1. The molecule has 1 atom stereocenters. The molecule has 10 heteroatoms. The normalized spacial score (nSPS) is 20.0. The van der Waals surface area contributed by atoms with Crippen molar-refractivity contribution >= 4 is 5.91 Å². The lowest BCUT2D eigenvalue weighted by Crippen LogP contribution is -2.39. The van der Waals surface area contributed by atoms with Crippen LogP contribution in [0, 0.1) is 0 Å². The van der Waals surface area contributed by atoms with Crippen LogP contribution < -0.4 is 0 Å². The number of rotatable bonds is 4. The van der Waals surface area contributed by atoms with Gasteiger partial charge in [-0.1, -0.05) is 0 Å². The molecule has 1 amide bonds. The number of aliphatic hydroxyl groups excluding tert-OH is 1. The first-order valence-electron chi connectivity index (χ1n) is 7.07. The number of carbonyl (C=O) groups excluding carboxylic acids is 1. The smallest absolute Gasteiger partial charge is 0.246 e. The van der Waals surface area contributed by atoms with Crippen molar-refractivity contribution in [2.75, 3.05) is 26.2 Å². The Morgan fingerprint density at radius 2 is 2.32 bits per heavy atom. The number of hydrogen-bond donors (Lipinski definition) is 2. The van der Waals surface area contributed by atoms with E-state index in [2.05, 4.69) is 30.3 Å². The number of tetrazole rings is 1. The first-order valence-corrected chi connectivity index (χ1v) is 7.07. The molecular weight excluding hydrogens is 288 g/mol. The maximum absolute atomic E-state index is 12.2. The predicted molar refractivity (Wildman–Crippen MR) is 74.3 cm³/mol. The van der Waals surface area contributed by atoms with Gasteiger partial charge in [-0.15, -0.1) is 10.2 Å². The zero-order valence-corrected chi connectivity index (χ0v) is 12.0. The molecule has 3 rings (SSSR count). The second kappa shape index (κ2) is 6.62. The summed E-state index contributed by atoms with van der Waals surface area (Å²) in [7, 11) is 0. The van der Waals surface area contributed by atoms with E-state index < -0.39 is 6.10 Å². The van der Waals surface area contributed by atoms with Crippen molar-refractivity contribution in [3.05, 3.63) is 24.5 Å². The molecule has 0 bridgehead atoms. The Hall–Kier alpha value is -2.33. The molecule has 0 aliphatic carbocycles. The molecule has 0 radical (unpaired) electrons. The third-order valence-corrected chi connectivity index (χ3v) is 3.56. The molecule has 22 heavy (non-hydrogen) atoms. The Labute approximate surface area is 126 Å². The van der Waals surface area contributed by atoms with Gasteiger partial charge < -0.3 is 15.0 Å². The SMILES string of the molecule is O=C(Cn1ncnn1)N1CCN(Cc2cnc[nH]2)C[C@@H](O)C1. The summed E-state index contributed by atoms with van der Waals surface area (Å²) >= 11 is 0. The Bertz CT molecular complexity index is 584. The van der Waals surface area contributed by atoms with Crippen molar-refractivity contribution in [2.45, 2.75) is 19.2 Å². The standard InChI is InChI=1S/C12H18N8O2/c21-11-5-18(4-10-3-13-8-14-10)1-2-19(6-11)12(22)7-20-16-9-15-17-20/h3,8-9,11,21H,1-2,4-7H2,(H,13,14)/t11-/m1/s1. The lowest BCUT2D eigenvalue weighted by Gasteiger charge is -2.21. The minimum Gasteiger partial charge on any atom is -0.390 e. The molecule has 2 N–H and O–H groups in total. The number of aliphatic hydroxyl groups is 1. The molecule has 1 saturated heterocycles. The first kappa shape index (κ1) is 14.6. The van der Waals surface area contributed by atoms with Gasteiger partial charge >= 0.3 is 0 Å². The molecule has 1 fully saturated rings. The van der Waals surface area contributed by atoms with Crippen molar-refractivity contribution in [1.29, 1.82) is 0 Å². The molecule has 10 nitrogen and oxygen atoms in total. The van der Waals surface area contributed by atoms with Gasteiger partial charge in [0.25, 0.3) is 0 Å². The van der Waals surface area contributed by atoms with Crippen molar-refractivity contribution in [1.82, 2.24) is 40.0 Å². The van der Waals surface area contributed by atoms with Crippen LogP contribution in [0.3, 0.4) is 0 Å². The fourth-order valence-corrected chi connectivity index (χ4v) is 2.52. The Morgan fingerprint density at radius 1 is 1.41 bits per heavy atom. The lowest BCUT2D eigenvalue weighted by atomic mass is 10.3. The summed E-state index contributed by atoms with van der Waals surface area (Å²) in [5, 5.41) is 21.2. The lowest BCUT2D eigenvalue weighted by molar-refractivity contribution is -0.133. The molecule has 1 aliphatic rings. The topological polar surface area (TPSA) is 116 Å². The summed E-state index contributed by atoms with van der Waals surface area (Å²) in [5.74, 6) is -0.125. The van der Waals surface area contributed by atoms with Crippen LogP contribution in [0.25, 0.3) is 0 Å². The minimum absolute atomic E-state index is 0.0350. The van der Waals surface area contributed by atoms with Crippen LogP contribution in [0.5, 0.6) is 0 Å². The number of aromatic nitrogens is 6. The second-order valence-corrected chi connectivity index (χ2v) is 5.27. The van der Waals surface area contributed by atoms with Crippen LogP contribution in [-0.4, -0.2) is 83.3 Å². The zero-order valence-electron chi connectivity index (χ0n) is 12.0. The molecule has 0 unspecified atom stereocenters. The zero-order chi connectivity index (χ0) is 15.4. The highest BCUT2D eigenvalue weighted by molar-refractivity contribution is 5.75. The van der Waals surface area contributed by atoms with Gasteiger partial charge in [-0.2, -0.15) is 4.80 Å². The first-order chi connectivity index (χ1) is 10.7. The van der Waals surface area contributed by atoms with E-state index in [9.17, 15) is 9.90 Å². The highest BCUT2D eigenvalue weighted by atomic mass is 16.3. The van der Waals surface area contributed by atoms with Gasteiger partial charge in [0, 0.05) is 44.6 Å². The third kappa shape index (κ3) is 3.65. The highest BCUT2D eigenvalue weighted by Crippen LogP contribution is 2.08. The van der Waals surface area contributed by atoms with Crippen molar-refractivity contribution in [3.63, 3.8) is 0 Å². The van der Waals surface area contributed by atoms with Crippen LogP contribution in [0.1, 0.15) is 5.69 Å². The van der Waals surface area contributed by atoms with Gasteiger partial charge in [0.2, 0.25) is 5.91 Å². The summed E-state index contributed by atoms with van der Waals surface area (Å²) < 4.78 is 0. The van der Waals surface area contributed by atoms with Gasteiger partial charge in [0.15, 0.2) is 6.33 Å². The van der Waals surface area contributed by atoms with Crippen LogP contribution >= 0.6 is 0 Å². The van der Waals surface area contributed by atoms with Crippen molar-refractivity contribution in [2.24, 2.45) is 0 Å². The van der Waals surface area contributed by atoms with E-state index in [0.717, 1.165) is 5.69 Å². The van der Waals surface area contributed by atoms with Gasteiger partial charge in [0.05, 0.1) is 12.4 Å². The minimum atomic E-state index is -0.585. The van der Waals surface area contributed by atoms with E-state index in [4.69, 9.17) is 0 Å². The Morgan fingerprint density at radius 3 is 3.05 bits per heavy atom. The van der Waals surface area contributed by atoms with E-state index in [1.165, 1.54) is 11.1 Å². The molecule has 0 aromatic carbocycles. The molecule has 0 saturated carbocycles. The average molecular weight is 306 g/mol. The number of amides is 1. The number of hydrogen-bond acceptors (Lipinski definition) is 7. The van der Waals surface area contributed by atoms with Gasteiger partial charge in [-0.3, -0.25) is 9.69 Å². The van der Waals surface area contributed by atoms with Crippen molar-refractivity contribution < 1.29 is 9.90 Å². The number of carbonyl (C=O) groups is 1. The van der Waals surface area contributed by atoms with Crippen LogP contribution in [0.4, 0.5) is 0 Å². The molecule has 2 aromatic heterocycles. The fourth-order valence-electron chi connectivity index (χ4n) is 2.52.